The third-order valence-electron chi connectivity index (χ3n) is 3.75. The molecule has 0 aliphatic carbocycles. The lowest BCUT2D eigenvalue weighted by atomic mass is 9.92. The summed E-state index contributed by atoms with van der Waals surface area (Å²) < 4.78 is 58.3. The zero-order chi connectivity index (χ0) is 20.7. The molecule has 0 bridgehead atoms. The molecule has 0 amide bonds. The molecule has 28 heavy (non-hydrogen) atoms. The van der Waals surface area contributed by atoms with Gasteiger partial charge in [-0.05, 0) is 36.2 Å². The zero-order valence-corrected chi connectivity index (χ0v) is 15.2. The van der Waals surface area contributed by atoms with E-state index in [-0.39, 0.29) is 5.56 Å². The molecule has 2 atom stereocenters. The van der Waals surface area contributed by atoms with Crippen LogP contribution in [0.15, 0.2) is 36.7 Å². The van der Waals surface area contributed by atoms with E-state index in [0.717, 1.165) is 6.07 Å². The Labute approximate surface area is 164 Å². The molecular weight excluding hydrogens is 398 g/mol. The number of hydrogen-bond donors (Lipinski definition) is 2. The third-order valence-corrected chi connectivity index (χ3v) is 3.96. The number of ether oxygens (including phenoxy) is 1. The highest BCUT2D eigenvalue weighted by atomic mass is 35.5. The van der Waals surface area contributed by atoms with Crippen molar-refractivity contribution < 1.29 is 22.3 Å². The van der Waals surface area contributed by atoms with Crippen LogP contribution in [0.1, 0.15) is 29.0 Å². The molecule has 0 saturated carbocycles. The molecule has 1 heterocycles. The molecule has 0 aliphatic rings. The highest BCUT2D eigenvalue weighted by Gasteiger charge is 2.29. The first kappa shape index (κ1) is 21.5. The molecule has 0 saturated heterocycles. The monoisotopic (exact) mass is 413 g/mol. The predicted octanol–water partition coefficient (Wildman–Crippen LogP) is 4.26. The van der Waals surface area contributed by atoms with Gasteiger partial charge in [0.25, 0.3) is 12.4 Å². The first-order valence-electron chi connectivity index (χ1n) is 8.07. The molecule has 0 unspecified atom stereocenters. The lowest BCUT2D eigenvalue weighted by Crippen LogP contribution is -2.31. The average molecular weight is 414 g/mol. The number of nitrogens with zero attached hydrogens (tertiary/aromatic N) is 1. The van der Waals surface area contributed by atoms with E-state index in [2.05, 4.69) is 21.6 Å². The van der Waals surface area contributed by atoms with Gasteiger partial charge in [0.15, 0.2) is 6.10 Å². The van der Waals surface area contributed by atoms with Crippen molar-refractivity contribution in [2.45, 2.75) is 24.9 Å². The second kappa shape index (κ2) is 9.95. The van der Waals surface area contributed by atoms with Crippen LogP contribution < -0.4 is 5.73 Å². The van der Waals surface area contributed by atoms with Gasteiger partial charge < -0.3 is 10.5 Å². The maximum Gasteiger partial charge on any atom is 0.279 e. The van der Waals surface area contributed by atoms with Crippen molar-refractivity contribution in [3.8, 4) is 11.8 Å². The molecule has 4 nitrogen and oxygen atoms in total. The number of nitrogens with two attached hydrogens (primary N) is 1. The summed E-state index contributed by atoms with van der Waals surface area (Å²) in [6.07, 6.45) is -2.47. The van der Waals surface area contributed by atoms with Gasteiger partial charge in [-0.15, -0.1) is 0 Å². The van der Waals surface area contributed by atoms with Crippen molar-refractivity contribution >= 4 is 17.6 Å². The number of amidine groups is 1. The Hall–Kier alpha value is -2.79. The van der Waals surface area contributed by atoms with Crippen LogP contribution >= 0.6 is 11.6 Å². The van der Waals surface area contributed by atoms with Crippen LogP contribution in [0.5, 0.6) is 0 Å². The Bertz CT molecular complexity index is 898. The molecular formula is C19H16ClF4N3O. The van der Waals surface area contributed by atoms with Gasteiger partial charge in [-0.3, -0.25) is 14.8 Å². The number of aromatic nitrogens is 1. The van der Waals surface area contributed by atoms with Crippen LogP contribution in [0, 0.1) is 23.1 Å². The molecule has 2 rings (SSSR count). The Kier molecular flexibility index (Phi) is 7.64. The highest BCUT2D eigenvalue weighted by molar-refractivity contribution is 6.30. The van der Waals surface area contributed by atoms with E-state index in [1.807, 2.05) is 0 Å². The van der Waals surface area contributed by atoms with Crippen LogP contribution in [0.2, 0.25) is 5.02 Å². The van der Waals surface area contributed by atoms with Crippen molar-refractivity contribution in [2.75, 3.05) is 6.67 Å². The lowest BCUT2D eigenvalue weighted by molar-refractivity contribution is -0.00680. The average Bonchev–Trinajstić information content (AvgIpc) is 2.64. The smallest absolute Gasteiger partial charge is 0.279 e. The number of pyridine rings is 1. The summed E-state index contributed by atoms with van der Waals surface area (Å²) >= 11 is 5.82. The van der Waals surface area contributed by atoms with Crippen molar-refractivity contribution in [3.63, 3.8) is 0 Å². The summed E-state index contributed by atoms with van der Waals surface area (Å²) in [5, 5.41) is 7.37. The van der Waals surface area contributed by atoms with Crippen LogP contribution in [-0.4, -0.2) is 30.2 Å². The number of benzene rings is 1. The molecule has 1 aromatic carbocycles. The second-order valence-corrected chi connectivity index (χ2v) is 6.26. The number of rotatable bonds is 6. The van der Waals surface area contributed by atoms with Gasteiger partial charge in [-0.2, -0.15) is 0 Å². The Morgan fingerprint density at radius 3 is 2.54 bits per heavy atom. The molecule has 0 aliphatic heterocycles. The van der Waals surface area contributed by atoms with E-state index in [1.165, 1.54) is 24.5 Å². The maximum absolute atomic E-state index is 14.2. The van der Waals surface area contributed by atoms with Gasteiger partial charge in [0.1, 0.15) is 5.82 Å². The fraction of sp³-hybridized carbons (Fsp3) is 0.263. The molecule has 148 valence electrons. The van der Waals surface area contributed by atoms with Gasteiger partial charge in [-0.1, -0.05) is 23.4 Å². The third kappa shape index (κ3) is 6.13. The lowest BCUT2D eigenvalue weighted by Gasteiger charge is -2.22. The molecule has 2 aromatic rings. The van der Waals surface area contributed by atoms with E-state index in [1.54, 1.807) is 6.07 Å². The minimum absolute atomic E-state index is 0.115. The molecule has 3 N–H and O–H groups in total. The Morgan fingerprint density at radius 1 is 1.21 bits per heavy atom. The van der Waals surface area contributed by atoms with Crippen LogP contribution in [0.4, 0.5) is 17.6 Å². The summed E-state index contributed by atoms with van der Waals surface area (Å²) in [7, 11) is 0. The number of halogens is 5. The quantitative estimate of drug-likeness (QED) is 0.322. The highest BCUT2D eigenvalue weighted by Crippen LogP contribution is 2.28. The fourth-order valence-electron chi connectivity index (χ4n) is 2.48. The van der Waals surface area contributed by atoms with E-state index in [4.69, 9.17) is 22.7 Å². The minimum atomic E-state index is -3.01. The van der Waals surface area contributed by atoms with Crippen LogP contribution in [0.3, 0.4) is 0 Å². The van der Waals surface area contributed by atoms with E-state index in [9.17, 15) is 17.6 Å². The van der Waals surface area contributed by atoms with Crippen molar-refractivity contribution in [1.82, 2.24) is 4.98 Å². The maximum atomic E-state index is 14.2. The second-order valence-electron chi connectivity index (χ2n) is 5.82. The molecule has 0 fully saturated rings. The van der Waals surface area contributed by atoms with E-state index in [0.29, 0.717) is 16.1 Å². The van der Waals surface area contributed by atoms with Gasteiger partial charge in [0.05, 0.1) is 11.7 Å². The first-order valence-corrected chi connectivity index (χ1v) is 8.44. The summed E-state index contributed by atoms with van der Waals surface area (Å²) in [4.78, 5) is 3.89. The Balaban J connectivity index is 2.28. The largest absolute Gasteiger partial charge is 0.456 e. The first-order chi connectivity index (χ1) is 13.3. The number of alkyl halides is 3. The van der Waals surface area contributed by atoms with Gasteiger partial charge in [0, 0.05) is 29.4 Å². The number of nitrogens with one attached hydrogen (secondary N) is 1. The topological polar surface area (TPSA) is 72.0 Å². The molecule has 0 radical (unpaired) electrons. The standard InChI is InChI=1S/C19H16ClF4N3O/c20-14-5-12(9-27-10-14)2-1-11-3-4-16(22)15(6-11)13(8-21)7-17(18(23)24)28-19(25)26/h3-6,9-10,13,17-18H,7-8H2,(H3,25,26)/t13-,17-/m0/s1. The molecule has 0 spiro atoms. The SMILES string of the molecule is N=C(N)O[C@@H](C[C@@H](CF)c1cc(C#Cc2cncc(Cl)c2)ccc1F)C(F)F. The molecule has 9 heteroatoms. The summed E-state index contributed by atoms with van der Waals surface area (Å²) in [6.45, 7) is -1.10. The van der Waals surface area contributed by atoms with Crippen molar-refractivity contribution in [3.05, 3.63) is 64.2 Å². The normalized spacial score (nSPS) is 12.8. The summed E-state index contributed by atoms with van der Waals surface area (Å²) in [6, 6.07) is 4.43. The van der Waals surface area contributed by atoms with Crippen LogP contribution in [-0.2, 0) is 4.74 Å². The van der Waals surface area contributed by atoms with Gasteiger partial charge >= 0.3 is 0 Å². The fourth-order valence-corrected chi connectivity index (χ4v) is 2.65. The van der Waals surface area contributed by atoms with E-state index >= 15 is 0 Å². The minimum Gasteiger partial charge on any atom is -0.456 e. The number of hydrogen-bond acceptors (Lipinski definition) is 3. The van der Waals surface area contributed by atoms with Crippen molar-refractivity contribution in [2.24, 2.45) is 5.73 Å². The summed E-state index contributed by atoms with van der Waals surface area (Å²) in [5.41, 5.74) is 5.74. The van der Waals surface area contributed by atoms with Crippen molar-refractivity contribution in [1.29, 1.82) is 5.41 Å². The predicted molar refractivity (Wildman–Crippen MR) is 97.8 cm³/mol. The molecule has 1 aromatic heterocycles. The zero-order valence-electron chi connectivity index (χ0n) is 14.4. The van der Waals surface area contributed by atoms with Gasteiger partial charge in [-0.25, -0.2) is 13.2 Å². The van der Waals surface area contributed by atoms with Gasteiger partial charge in [0.2, 0.25) is 0 Å². The van der Waals surface area contributed by atoms with Crippen LogP contribution in [0.25, 0.3) is 0 Å². The summed E-state index contributed by atoms with van der Waals surface area (Å²) in [5.74, 6) is 3.59. The van der Waals surface area contributed by atoms with E-state index < -0.39 is 43.4 Å². The Morgan fingerprint density at radius 2 is 1.93 bits per heavy atom.